The molecule has 0 unspecified atom stereocenters. The van der Waals surface area contributed by atoms with E-state index in [1.165, 1.54) is 36.5 Å². The molecule has 0 amide bonds. The van der Waals surface area contributed by atoms with Crippen molar-refractivity contribution in [1.82, 2.24) is 4.98 Å². The monoisotopic (exact) mass is 308 g/mol. The molecule has 0 saturated heterocycles. The number of nitrogens with zero attached hydrogens (tertiary/aromatic N) is 2. The molecule has 8 heteroatoms. The second kappa shape index (κ2) is 5.36. The predicted octanol–water partition coefficient (Wildman–Crippen LogP) is 1.99. The number of nitrogens with two attached hydrogens (primary N) is 1. The number of sulfonamides is 1. The molecule has 0 spiro atoms. The van der Waals surface area contributed by atoms with Gasteiger partial charge in [0.15, 0.2) is 5.69 Å². The minimum atomic E-state index is -3.95. The number of nitrogen functional groups attached to an aromatic ring is 1. The van der Waals surface area contributed by atoms with Gasteiger partial charge in [0.1, 0.15) is 11.0 Å². The summed E-state index contributed by atoms with van der Waals surface area (Å²) < 4.78 is 26.8. The molecule has 102 valence electrons. The Labute approximate surface area is 120 Å². The molecule has 0 aliphatic carbocycles. The summed E-state index contributed by atoms with van der Waals surface area (Å²) in [6.07, 6.45) is 1.34. The highest BCUT2D eigenvalue weighted by Crippen LogP contribution is 2.27. The number of hydrogen-bond acceptors (Lipinski definition) is 5. The number of pyridine rings is 1. The van der Waals surface area contributed by atoms with E-state index in [0.717, 1.165) is 0 Å². The zero-order chi connectivity index (χ0) is 14.8. The number of hydrogen-bond donors (Lipinski definition) is 2. The number of nitrogens with one attached hydrogen (secondary N) is 1. The van der Waals surface area contributed by atoms with Gasteiger partial charge in [-0.1, -0.05) is 11.6 Å². The lowest BCUT2D eigenvalue weighted by atomic mass is 10.3. The van der Waals surface area contributed by atoms with E-state index in [2.05, 4.69) is 9.71 Å². The van der Waals surface area contributed by atoms with Crippen molar-refractivity contribution in [2.45, 2.75) is 4.90 Å². The van der Waals surface area contributed by atoms with E-state index in [4.69, 9.17) is 22.6 Å². The molecular weight excluding hydrogens is 300 g/mol. The van der Waals surface area contributed by atoms with E-state index in [9.17, 15) is 8.42 Å². The SMILES string of the molecule is N#Cc1ncccc1S(=O)(=O)Nc1ccc(N)cc1Cl. The largest absolute Gasteiger partial charge is 0.399 e. The Balaban J connectivity index is 2.44. The quantitative estimate of drug-likeness (QED) is 0.843. The average Bonchev–Trinajstić information content (AvgIpc) is 2.42. The van der Waals surface area contributed by atoms with Gasteiger partial charge in [-0.25, -0.2) is 13.4 Å². The zero-order valence-electron chi connectivity index (χ0n) is 10.0. The average molecular weight is 309 g/mol. The lowest BCUT2D eigenvalue weighted by molar-refractivity contribution is 0.600. The summed E-state index contributed by atoms with van der Waals surface area (Å²) >= 11 is 5.91. The minimum absolute atomic E-state index is 0.163. The van der Waals surface area contributed by atoms with Crippen molar-refractivity contribution in [3.63, 3.8) is 0 Å². The van der Waals surface area contributed by atoms with Crippen LogP contribution in [-0.4, -0.2) is 13.4 Å². The van der Waals surface area contributed by atoms with Crippen molar-refractivity contribution in [1.29, 1.82) is 5.26 Å². The third kappa shape index (κ3) is 2.82. The van der Waals surface area contributed by atoms with Crippen LogP contribution in [-0.2, 0) is 10.0 Å². The van der Waals surface area contributed by atoms with Gasteiger partial charge >= 0.3 is 0 Å². The van der Waals surface area contributed by atoms with Crippen molar-refractivity contribution >= 4 is 33.0 Å². The van der Waals surface area contributed by atoms with Crippen LogP contribution in [0.2, 0.25) is 5.02 Å². The highest BCUT2D eigenvalue weighted by Gasteiger charge is 2.20. The fraction of sp³-hybridized carbons (Fsp3) is 0. The summed E-state index contributed by atoms with van der Waals surface area (Å²) in [6, 6.07) is 8.83. The summed E-state index contributed by atoms with van der Waals surface area (Å²) in [6.45, 7) is 0. The maximum atomic E-state index is 12.2. The highest BCUT2D eigenvalue weighted by atomic mass is 35.5. The van der Waals surface area contributed by atoms with E-state index >= 15 is 0 Å². The van der Waals surface area contributed by atoms with Gasteiger partial charge in [-0.05, 0) is 30.3 Å². The third-order valence-electron chi connectivity index (χ3n) is 2.40. The Hall–Kier alpha value is -2.30. The Morgan fingerprint density at radius 3 is 2.75 bits per heavy atom. The summed E-state index contributed by atoms with van der Waals surface area (Å²) in [4.78, 5) is 3.50. The molecule has 1 heterocycles. The minimum Gasteiger partial charge on any atom is -0.399 e. The lowest BCUT2D eigenvalue weighted by Gasteiger charge is -2.10. The molecule has 6 nitrogen and oxygen atoms in total. The van der Waals surface area contributed by atoms with E-state index < -0.39 is 10.0 Å². The van der Waals surface area contributed by atoms with Crippen LogP contribution in [0.15, 0.2) is 41.4 Å². The Bertz CT molecular complexity index is 799. The summed E-state index contributed by atoms with van der Waals surface area (Å²) in [5.41, 5.74) is 5.93. The van der Waals surface area contributed by atoms with Crippen LogP contribution >= 0.6 is 11.6 Å². The van der Waals surface area contributed by atoms with Crippen LogP contribution in [0.1, 0.15) is 5.69 Å². The van der Waals surface area contributed by atoms with Crippen LogP contribution < -0.4 is 10.5 Å². The van der Waals surface area contributed by atoms with Gasteiger partial charge < -0.3 is 5.73 Å². The molecule has 0 radical (unpaired) electrons. The normalized spacial score (nSPS) is 10.8. The molecule has 0 aliphatic heterocycles. The topological polar surface area (TPSA) is 109 Å². The maximum Gasteiger partial charge on any atom is 0.264 e. The fourth-order valence-electron chi connectivity index (χ4n) is 1.51. The Kier molecular flexibility index (Phi) is 3.79. The summed E-state index contributed by atoms with van der Waals surface area (Å²) in [7, 11) is -3.95. The Morgan fingerprint density at radius 1 is 1.35 bits per heavy atom. The third-order valence-corrected chi connectivity index (χ3v) is 4.11. The van der Waals surface area contributed by atoms with Crippen molar-refractivity contribution < 1.29 is 8.42 Å². The first-order valence-electron chi connectivity index (χ1n) is 5.37. The van der Waals surface area contributed by atoms with Crippen LogP contribution in [0.4, 0.5) is 11.4 Å². The first-order chi connectivity index (χ1) is 9.44. The second-order valence-corrected chi connectivity index (χ2v) is 5.86. The van der Waals surface area contributed by atoms with Crippen LogP contribution in [0.25, 0.3) is 0 Å². The number of rotatable bonds is 3. The standard InChI is InChI=1S/C12H9ClN4O2S/c13-9-6-8(15)3-4-10(9)17-20(18,19)12-2-1-5-16-11(12)7-14/h1-6,17H,15H2. The number of nitriles is 1. The van der Waals surface area contributed by atoms with E-state index in [1.54, 1.807) is 6.07 Å². The van der Waals surface area contributed by atoms with E-state index in [0.29, 0.717) is 5.69 Å². The van der Waals surface area contributed by atoms with Crippen molar-refractivity contribution in [2.24, 2.45) is 0 Å². The zero-order valence-corrected chi connectivity index (χ0v) is 11.6. The summed E-state index contributed by atoms with van der Waals surface area (Å²) in [5.74, 6) is 0. The van der Waals surface area contributed by atoms with E-state index in [1.807, 2.05) is 0 Å². The molecule has 0 fully saturated rings. The second-order valence-electron chi connectivity index (χ2n) is 3.81. The number of benzene rings is 1. The lowest BCUT2D eigenvalue weighted by Crippen LogP contribution is -2.15. The number of halogens is 1. The predicted molar refractivity (Wildman–Crippen MR) is 75.6 cm³/mol. The van der Waals surface area contributed by atoms with Gasteiger partial charge in [-0.3, -0.25) is 4.72 Å². The molecule has 3 N–H and O–H groups in total. The van der Waals surface area contributed by atoms with E-state index in [-0.39, 0.29) is 21.3 Å². The van der Waals surface area contributed by atoms with Gasteiger partial charge in [-0.15, -0.1) is 0 Å². The van der Waals surface area contributed by atoms with Gasteiger partial charge in [0.05, 0.1) is 10.7 Å². The molecule has 0 aliphatic rings. The molecule has 2 rings (SSSR count). The van der Waals surface area contributed by atoms with Crippen LogP contribution in [0.5, 0.6) is 0 Å². The van der Waals surface area contributed by atoms with Crippen LogP contribution in [0.3, 0.4) is 0 Å². The van der Waals surface area contributed by atoms with Gasteiger partial charge in [0, 0.05) is 11.9 Å². The first-order valence-corrected chi connectivity index (χ1v) is 7.23. The van der Waals surface area contributed by atoms with Crippen molar-refractivity contribution in [3.8, 4) is 6.07 Å². The smallest absolute Gasteiger partial charge is 0.264 e. The first kappa shape index (κ1) is 14.1. The highest BCUT2D eigenvalue weighted by molar-refractivity contribution is 7.92. The van der Waals surface area contributed by atoms with Gasteiger partial charge in [-0.2, -0.15) is 5.26 Å². The van der Waals surface area contributed by atoms with Crippen LogP contribution in [0, 0.1) is 11.3 Å². The molecule has 0 saturated carbocycles. The molecule has 20 heavy (non-hydrogen) atoms. The molecule has 1 aromatic heterocycles. The molecular formula is C12H9ClN4O2S. The molecule has 0 atom stereocenters. The Morgan fingerprint density at radius 2 is 2.10 bits per heavy atom. The summed E-state index contributed by atoms with van der Waals surface area (Å²) in [5, 5.41) is 9.05. The van der Waals surface area contributed by atoms with Gasteiger partial charge in [0.2, 0.25) is 0 Å². The maximum absolute atomic E-state index is 12.2. The molecule has 0 bridgehead atoms. The van der Waals surface area contributed by atoms with Gasteiger partial charge in [0.25, 0.3) is 10.0 Å². The number of aromatic nitrogens is 1. The number of anilines is 2. The van der Waals surface area contributed by atoms with Crippen molar-refractivity contribution in [3.05, 3.63) is 47.2 Å². The molecule has 2 aromatic rings. The molecule has 1 aromatic carbocycles. The van der Waals surface area contributed by atoms with Crippen molar-refractivity contribution in [2.75, 3.05) is 10.5 Å². The fourth-order valence-corrected chi connectivity index (χ4v) is 2.99.